The molecule has 1 aromatic rings. The molecule has 0 aliphatic heterocycles. The lowest BCUT2D eigenvalue weighted by Gasteiger charge is -2.20. The number of esters is 1. The maximum Gasteiger partial charge on any atom is 0.324 e. The largest absolute Gasteiger partial charge is 0.454 e. The number of carbonyl (C=O) groups excluding carboxylic acids is 3. The van der Waals surface area contributed by atoms with Crippen molar-refractivity contribution in [1.29, 1.82) is 0 Å². The van der Waals surface area contributed by atoms with Crippen molar-refractivity contribution >= 4 is 27.9 Å². The number of hydrogen-bond donors (Lipinski definition) is 3. The Morgan fingerprint density at radius 2 is 1.64 bits per heavy atom. The minimum absolute atomic E-state index is 0.00742. The van der Waals surface area contributed by atoms with Crippen LogP contribution in [0.2, 0.25) is 0 Å². The molecule has 9 nitrogen and oxygen atoms in total. The van der Waals surface area contributed by atoms with Crippen molar-refractivity contribution in [1.82, 2.24) is 15.4 Å². The van der Waals surface area contributed by atoms with E-state index in [0.717, 1.165) is 0 Å². The Balaban J connectivity index is 2.63. The van der Waals surface area contributed by atoms with Crippen molar-refractivity contribution in [3.8, 4) is 0 Å². The van der Waals surface area contributed by atoms with Crippen molar-refractivity contribution < 1.29 is 27.5 Å². The van der Waals surface area contributed by atoms with Gasteiger partial charge in [-0.25, -0.2) is 13.2 Å². The minimum Gasteiger partial charge on any atom is -0.454 e. The number of rotatable bonds is 9. The SMILES string of the molecule is CC(C)CNC(=O)NC(=O)COC(=O)C(NS(=O)(=O)c1ccccc1)C(C)C. The molecule has 0 aliphatic rings. The van der Waals surface area contributed by atoms with E-state index in [4.69, 9.17) is 4.74 Å². The van der Waals surface area contributed by atoms with E-state index in [-0.39, 0.29) is 10.8 Å². The number of benzene rings is 1. The highest BCUT2D eigenvalue weighted by molar-refractivity contribution is 7.89. The number of nitrogens with one attached hydrogen (secondary N) is 3. The molecule has 1 rings (SSSR count). The zero-order chi connectivity index (χ0) is 21.3. The van der Waals surface area contributed by atoms with Crippen LogP contribution in [0.25, 0.3) is 0 Å². The summed E-state index contributed by atoms with van der Waals surface area (Å²) in [7, 11) is -3.94. The van der Waals surface area contributed by atoms with Gasteiger partial charge in [-0.3, -0.25) is 14.9 Å². The monoisotopic (exact) mass is 413 g/mol. The van der Waals surface area contributed by atoms with E-state index in [1.54, 1.807) is 32.0 Å². The molecule has 0 radical (unpaired) electrons. The second-order valence-electron chi connectivity index (χ2n) is 6.92. The first-order valence-corrected chi connectivity index (χ1v) is 10.3. The predicted molar refractivity (Wildman–Crippen MR) is 103 cm³/mol. The van der Waals surface area contributed by atoms with Gasteiger partial charge in [0.15, 0.2) is 6.61 Å². The summed E-state index contributed by atoms with van der Waals surface area (Å²) in [5, 5.41) is 4.52. The molecule has 3 N–H and O–H groups in total. The van der Waals surface area contributed by atoms with E-state index in [1.165, 1.54) is 12.1 Å². The Kier molecular flexibility index (Phi) is 9.07. The average Bonchev–Trinajstić information content (AvgIpc) is 2.63. The highest BCUT2D eigenvalue weighted by Crippen LogP contribution is 2.12. The summed E-state index contributed by atoms with van der Waals surface area (Å²) in [5.41, 5.74) is 0. The Bertz CT molecular complexity index is 778. The molecule has 0 aromatic heterocycles. The van der Waals surface area contributed by atoms with Gasteiger partial charge in [0, 0.05) is 6.54 Å². The van der Waals surface area contributed by atoms with Gasteiger partial charge in [-0.15, -0.1) is 0 Å². The minimum atomic E-state index is -3.94. The summed E-state index contributed by atoms with van der Waals surface area (Å²) in [6.45, 7) is 6.75. The van der Waals surface area contributed by atoms with Gasteiger partial charge in [0.2, 0.25) is 10.0 Å². The topological polar surface area (TPSA) is 131 Å². The number of ether oxygens (including phenoxy) is 1. The Hall–Kier alpha value is -2.46. The summed E-state index contributed by atoms with van der Waals surface area (Å²) in [6.07, 6.45) is 0. The van der Waals surface area contributed by atoms with Crippen molar-refractivity contribution in [2.45, 2.75) is 38.6 Å². The second-order valence-corrected chi connectivity index (χ2v) is 8.63. The first-order chi connectivity index (χ1) is 13.0. The second kappa shape index (κ2) is 10.8. The lowest BCUT2D eigenvalue weighted by Crippen LogP contribution is -2.47. The number of sulfonamides is 1. The van der Waals surface area contributed by atoms with Crippen LogP contribution in [0.4, 0.5) is 4.79 Å². The van der Waals surface area contributed by atoms with Crippen LogP contribution in [-0.4, -0.2) is 45.5 Å². The van der Waals surface area contributed by atoms with Gasteiger partial charge in [0.25, 0.3) is 5.91 Å². The van der Waals surface area contributed by atoms with Gasteiger partial charge in [-0.05, 0) is 24.0 Å². The molecule has 1 atom stereocenters. The fraction of sp³-hybridized carbons (Fsp3) is 0.500. The van der Waals surface area contributed by atoms with E-state index in [2.05, 4.69) is 10.0 Å². The maximum absolute atomic E-state index is 12.4. The molecule has 0 saturated heterocycles. The number of urea groups is 1. The molecule has 0 saturated carbocycles. The summed E-state index contributed by atoms with van der Waals surface area (Å²) < 4.78 is 32.0. The van der Waals surface area contributed by atoms with Crippen LogP contribution in [-0.2, 0) is 24.3 Å². The highest BCUT2D eigenvalue weighted by atomic mass is 32.2. The standard InChI is InChI=1S/C18H27N3O6S/c1-12(2)10-19-18(24)20-15(22)11-27-17(23)16(13(3)4)21-28(25,26)14-8-6-5-7-9-14/h5-9,12-13,16,21H,10-11H2,1-4H3,(H2,19,20,22,24). The Labute approximate surface area is 165 Å². The molecule has 0 spiro atoms. The predicted octanol–water partition coefficient (Wildman–Crippen LogP) is 1.01. The van der Waals surface area contributed by atoms with Gasteiger partial charge in [0.05, 0.1) is 4.90 Å². The first kappa shape index (κ1) is 23.6. The van der Waals surface area contributed by atoms with Crippen LogP contribution < -0.4 is 15.4 Å². The zero-order valence-electron chi connectivity index (χ0n) is 16.4. The van der Waals surface area contributed by atoms with Gasteiger partial charge < -0.3 is 10.1 Å². The molecule has 0 fully saturated rings. The van der Waals surface area contributed by atoms with Crippen molar-refractivity contribution in [2.75, 3.05) is 13.2 Å². The number of hydrogen-bond acceptors (Lipinski definition) is 6. The number of carbonyl (C=O) groups is 3. The first-order valence-electron chi connectivity index (χ1n) is 8.84. The fourth-order valence-electron chi connectivity index (χ4n) is 2.02. The number of imide groups is 1. The summed E-state index contributed by atoms with van der Waals surface area (Å²) >= 11 is 0. The van der Waals surface area contributed by atoms with Gasteiger partial charge in [-0.1, -0.05) is 45.9 Å². The van der Waals surface area contributed by atoms with E-state index >= 15 is 0 Å². The average molecular weight is 413 g/mol. The smallest absolute Gasteiger partial charge is 0.324 e. The Morgan fingerprint density at radius 3 is 2.18 bits per heavy atom. The van der Waals surface area contributed by atoms with Crippen LogP contribution in [0.15, 0.2) is 35.2 Å². The Morgan fingerprint density at radius 1 is 1.04 bits per heavy atom. The zero-order valence-corrected chi connectivity index (χ0v) is 17.2. The lowest BCUT2D eigenvalue weighted by molar-refractivity contribution is -0.150. The third-order valence-corrected chi connectivity index (χ3v) is 4.98. The van der Waals surface area contributed by atoms with Gasteiger partial charge >= 0.3 is 12.0 Å². The van der Waals surface area contributed by atoms with Crippen LogP contribution in [0.1, 0.15) is 27.7 Å². The quantitative estimate of drug-likeness (QED) is 0.518. The van der Waals surface area contributed by atoms with Gasteiger partial charge in [0.1, 0.15) is 6.04 Å². The summed E-state index contributed by atoms with van der Waals surface area (Å²) in [5.74, 6) is -1.94. The number of amides is 3. The summed E-state index contributed by atoms with van der Waals surface area (Å²) in [4.78, 5) is 35.5. The molecule has 0 bridgehead atoms. The summed E-state index contributed by atoms with van der Waals surface area (Å²) in [6, 6.07) is 5.71. The lowest BCUT2D eigenvalue weighted by atomic mass is 10.1. The third-order valence-electron chi connectivity index (χ3n) is 3.53. The molecular weight excluding hydrogens is 386 g/mol. The van der Waals surface area contributed by atoms with E-state index in [1.807, 2.05) is 19.2 Å². The molecule has 156 valence electrons. The van der Waals surface area contributed by atoms with Crippen LogP contribution in [0, 0.1) is 11.8 Å². The van der Waals surface area contributed by atoms with Crippen molar-refractivity contribution in [3.05, 3.63) is 30.3 Å². The van der Waals surface area contributed by atoms with E-state index < -0.39 is 46.5 Å². The van der Waals surface area contributed by atoms with Crippen molar-refractivity contribution in [3.63, 3.8) is 0 Å². The van der Waals surface area contributed by atoms with Crippen LogP contribution in [0.5, 0.6) is 0 Å². The molecule has 3 amide bonds. The molecule has 28 heavy (non-hydrogen) atoms. The third kappa shape index (κ3) is 8.05. The molecule has 10 heteroatoms. The maximum atomic E-state index is 12.4. The van der Waals surface area contributed by atoms with Crippen molar-refractivity contribution in [2.24, 2.45) is 11.8 Å². The van der Waals surface area contributed by atoms with E-state index in [9.17, 15) is 22.8 Å². The van der Waals surface area contributed by atoms with E-state index in [0.29, 0.717) is 6.54 Å². The molecule has 1 aromatic carbocycles. The molecule has 1 unspecified atom stereocenters. The molecule has 0 heterocycles. The van der Waals surface area contributed by atoms with Crippen LogP contribution in [0.3, 0.4) is 0 Å². The normalized spacial score (nSPS) is 12.5. The van der Waals surface area contributed by atoms with Gasteiger partial charge in [-0.2, -0.15) is 4.72 Å². The highest BCUT2D eigenvalue weighted by Gasteiger charge is 2.30. The van der Waals surface area contributed by atoms with Crippen LogP contribution >= 0.6 is 0 Å². The molecule has 0 aliphatic carbocycles. The fourth-order valence-corrected chi connectivity index (χ4v) is 3.38. The molecular formula is C18H27N3O6S.